The van der Waals surface area contributed by atoms with Gasteiger partial charge in [-0.2, -0.15) is 0 Å². The summed E-state index contributed by atoms with van der Waals surface area (Å²) >= 11 is 0. The van der Waals surface area contributed by atoms with Crippen molar-refractivity contribution in [2.45, 2.75) is 25.4 Å². The number of imidazole rings is 1. The Hall–Kier alpha value is -2.67. The maximum absolute atomic E-state index is 5.39. The largest absolute Gasteiger partial charge is 0.480 e. The molecule has 3 heterocycles. The first-order chi connectivity index (χ1) is 13.3. The maximum Gasteiger partial charge on any atom is 0.224 e. The standard InChI is InChI=1S/C20H24N6O/c1-27-20-17-12-16(4-5-18(17)22-14-23-20)25-10-8-24(9-11-25)13-19-21-6-7-26(19)15-2-3-15/h4-7,12,14-15H,2-3,8-11,13H2,1H3. The summed E-state index contributed by atoms with van der Waals surface area (Å²) in [7, 11) is 1.65. The second kappa shape index (κ2) is 6.81. The molecule has 1 saturated carbocycles. The molecule has 0 spiro atoms. The third-order valence-corrected chi connectivity index (χ3v) is 5.57. The van der Waals surface area contributed by atoms with E-state index in [1.165, 1.54) is 24.4 Å². The third kappa shape index (κ3) is 3.23. The molecule has 0 unspecified atom stereocenters. The van der Waals surface area contributed by atoms with E-state index < -0.39 is 0 Å². The lowest BCUT2D eigenvalue weighted by Gasteiger charge is -2.36. The second-order valence-corrected chi connectivity index (χ2v) is 7.33. The minimum atomic E-state index is 0.632. The summed E-state index contributed by atoms with van der Waals surface area (Å²) in [6.45, 7) is 5.03. The number of hydrogen-bond donors (Lipinski definition) is 0. The molecule has 0 radical (unpaired) electrons. The number of nitrogens with zero attached hydrogens (tertiary/aromatic N) is 6. The molecule has 0 atom stereocenters. The van der Waals surface area contributed by atoms with Crippen LogP contribution in [0.1, 0.15) is 24.7 Å². The number of fused-ring (bicyclic) bond motifs is 1. The Balaban J connectivity index is 1.27. The number of piperazine rings is 1. The summed E-state index contributed by atoms with van der Waals surface area (Å²) in [6, 6.07) is 7.03. The summed E-state index contributed by atoms with van der Waals surface area (Å²) in [5.74, 6) is 1.84. The van der Waals surface area contributed by atoms with Crippen LogP contribution < -0.4 is 9.64 Å². The molecular weight excluding hydrogens is 340 g/mol. The van der Waals surface area contributed by atoms with Crippen LogP contribution >= 0.6 is 0 Å². The topological polar surface area (TPSA) is 59.3 Å². The van der Waals surface area contributed by atoms with Gasteiger partial charge in [0.25, 0.3) is 0 Å². The van der Waals surface area contributed by atoms with E-state index >= 15 is 0 Å². The lowest BCUT2D eigenvalue weighted by Crippen LogP contribution is -2.46. The van der Waals surface area contributed by atoms with Crippen LogP contribution in [0.4, 0.5) is 5.69 Å². The number of ether oxygens (including phenoxy) is 1. The zero-order chi connectivity index (χ0) is 18.2. The molecule has 0 N–H and O–H groups in total. The van der Waals surface area contributed by atoms with Gasteiger partial charge < -0.3 is 14.2 Å². The van der Waals surface area contributed by atoms with Gasteiger partial charge in [-0.15, -0.1) is 0 Å². The minimum absolute atomic E-state index is 0.632. The molecule has 1 aromatic carbocycles. The Morgan fingerprint density at radius 2 is 1.93 bits per heavy atom. The Labute approximate surface area is 158 Å². The van der Waals surface area contributed by atoms with Gasteiger partial charge in [0.15, 0.2) is 0 Å². The number of benzene rings is 1. The fourth-order valence-electron chi connectivity index (χ4n) is 3.90. The van der Waals surface area contributed by atoms with Crippen molar-refractivity contribution < 1.29 is 4.74 Å². The van der Waals surface area contributed by atoms with Crippen LogP contribution in [-0.4, -0.2) is 57.7 Å². The molecule has 2 aliphatic rings. The van der Waals surface area contributed by atoms with Crippen molar-refractivity contribution in [2.24, 2.45) is 0 Å². The third-order valence-electron chi connectivity index (χ3n) is 5.57. The Morgan fingerprint density at radius 3 is 2.70 bits per heavy atom. The van der Waals surface area contributed by atoms with Gasteiger partial charge in [0.2, 0.25) is 5.88 Å². The summed E-state index contributed by atoms with van der Waals surface area (Å²) in [6.07, 6.45) is 8.21. The van der Waals surface area contributed by atoms with E-state index in [1.54, 1.807) is 13.4 Å². The molecule has 1 aliphatic heterocycles. The van der Waals surface area contributed by atoms with Gasteiger partial charge in [0.1, 0.15) is 12.2 Å². The lowest BCUT2D eigenvalue weighted by atomic mass is 10.2. The average molecular weight is 364 g/mol. The van der Waals surface area contributed by atoms with Crippen molar-refractivity contribution in [3.05, 3.63) is 42.7 Å². The molecular formula is C20H24N6O. The molecule has 5 rings (SSSR count). The first-order valence-electron chi connectivity index (χ1n) is 9.59. The van der Waals surface area contributed by atoms with Crippen LogP contribution in [0, 0.1) is 0 Å². The highest BCUT2D eigenvalue weighted by atomic mass is 16.5. The van der Waals surface area contributed by atoms with E-state index in [1.807, 2.05) is 12.3 Å². The van der Waals surface area contributed by atoms with Crippen LogP contribution in [0.3, 0.4) is 0 Å². The van der Waals surface area contributed by atoms with E-state index in [9.17, 15) is 0 Å². The number of anilines is 1. The van der Waals surface area contributed by atoms with E-state index in [2.05, 4.69) is 47.6 Å². The van der Waals surface area contributed by atoms with Crippen molar-refractivity contribution in [2.75, 3.05) is 38.2 Å². The van der Waals surface area contributed by atoms with E-state index in [-0.39, 0.29) is 0 Å². The molecule has 7 heteroatoms. The number of hydrogen-bond acceptors (Lipinski definition) is 6. The van der Waals surface area contributed by atoms with Crippen molar-refractivity contribution in [3.8, 4) is 5.88 Å². The van der Waals surface area contributed by atoms with Gasteiger partial charge in [-0.1, -0.05) is 0 Å². The van der Waals surface area contributed by atoms with Crippen molar-refractivity contribution in [1.82, 2.24) is 24.4 Å². The minimum Gasteiger partial charge on any atom is -0.480 e. The number of rotatable bonds is 5. The molecule has 7 nitrogen and oxygen atoms in total. The normalized spacial score (nSPS) is 18.2. The van der Waals surface area contributed by atoms with Crippen molar-refractivity contribution >= 4 is 16.6 Å². The first-order valence-corrected chi connectivity index (χ1v) is 9.59. The summed E-state index contributed by atoms with van der Waals surface area (Å²) in [5, 5.41) is 0.964. The molecule has 1 aliphatic carbocycles. The molecule has 0 bridgehead atoms. The number of aromatic nitrogens is 4. The SMILES string of the molecule is COc1ncnc2ccc(N3CCN(Cc4nccn4C4CC4)CC3)cc12. The zero-order valence-electron chi connectivity index (χ0n) is 15.6. The quantitative estimate of drug-likeness (QED) is 0.693. The molecule has 0 amide bonds. The predicted molar refractivity (Wildman–Crippen MR) is 104 cm³/mol. The fraction of sp³-hybridized carbons (Fsp3) is 0.450. The molecule has 1 saturated heterocycles. The Kier molecular flexibility index (Phi) is 4.16. The molecule has 2 fully saturated rings. The first kappa shape index (κ1) is 16.5. The van der Waals surface area contributed by atoms with E-state index in [0.717, 1.165) is 43.6 Å². The second-order valence-electron chi connectivity index (χ2n) is 7.33. The molecule has 27 heavy (non-hydrogen) atoms. The summed E-state index contributed by atoms with van der Waals surface area (Å²) < 4.78 is 7.76. The van der Waals surface area contributed by atoms with Crippen LogP contribution in [0.25, 0.3) is 10.9 Å². The van der Waals surface area contributed by atoms with Crippen LogP contribution in [0.15, 0.2) is 36.9 Å². The monoisotopic (exact) mass is 364 g/mol. The van der Waals surface area contributed by atoms with E-state index in [0.29, 0.717) is 11.9 Å². The highest BCUT2D eigenvalue weighted by Crippen LogP contribution is 2.35. The smallest absolute Gasteiger partial charge is 0.224 e. The number of methoxy groups -OCH3 is 1. The molecule has 2 aromatic heterocycles. The van der Waals surface area contributed by atoms with Gasteiger partial charge in [0, 0.05) is 50.3 Å². The van der Waals surface area contributed by atoms with Crippen LogP contribution in [-0.2, 0) is 6.54 Å². The highest BCUT2D eigenvalue weighted by molar-refractivity contribution is 5.86. The van der Waals surface area contributed by atoms with Crippen LogP contribution in [0.2, 0.25) is 0 Å². The van der Waals surface area contributed by atoms with Gasteiger partial charge in [-0.05, 0) is 31.0 Å². The molecule has 3 aromatic rings. The summed E-state index contributed by atoms with van der Waals surface area (Å²) in [4.78, 5) is 18.1. The van der Waals surface area contributed by atoms with Gasteiger partial charge in [0.05, 0.1) is 24.6 Å². The Morgan fingerprint density at radius 1 is 1.07 bits per heavy atom. The molecule has 140 valence electrons. The zero-order valence-corrected chi connectivity index (χ0v) is 15.6. The van der Waals surface area contributed by atoms with Gasteiger partial charge in [-0.3, -0.25) is 4.90 Å². The Bertz CT molecular complexity index is 943. The van der Waals surface area contributed by atoms with E-state index in [4.69, 9.17) is 4.74 Å². The van der Waals surface area contributed by atoms with Gasteiger partial charge >= 0.3 is 0 Å². The fourth-order valence-corrected chi connectivity index (χ4v) is 3.90. The van der Waals surface area contributed by atoms with Crippen molar-refractivity contribution in [3.63, 3.8) is 0 Å². The highest BCUT2D eigenvalue weighted by Gasteiger charge is 2.26. The lowest BCUT2D eigenvalue weighted by molar-refractivity contribution is 0.240. The van der Waals surface area contributed by atoms with Gasteiger partial charge in [-0.25, -0.2) is 15.0 Å². The van der Waals surface area contributed by atoms with Crippen molar-refractivity contribution in [1.29, 1.82) is 0 Å². The average Bonchev–Trinajstić information content (AvgIpc) is 3.46. The predicted octanol–water partition coefficient (Wildman–Crippen LogP) is 2.49. The van der Waals surface area contributed by atoms with Crippen LogP contribution in [0.5, 0.6) is 5.88 Å². The maximum atomic E-state index is 5.39. The summed E-state index contributed by atoms with van der Waals surface area (Å²) in [5.41, 5.74) is 2.12.